The van der Waals surface area contributed by atoms with Gasteiger partial charge in [0.25, 0.3) is 0 Å². The van der Waals surface area contributed by atoms with Crippen LogP contribution in [0.2, 0.25) is 0 Å². The summed E-state index contributed by atoms with van der Waals surface area (Å²) in [6.07, 6.45) is 7.19. The first-order valence-corrected chi connectivity index (χ1v) is 9.89. The Labute approximate surface area is 161 Å². The third kappa shape index (κ3) is 3.78. The minimum absolute atomic E-state index is 0.281. The van der Waals surface area contributed by atoms with E-state index >= 15 is 0 Å². The Hall–Kier alpha value is -2.55. The van der Waals surface area contributed by atoms with E-state index in [-0.39, 0.29) is 5.92 Å². The van der Waals surface area contributed by atoms with E-state index in [9.17, 15) is 4.39 Å². The number of rotatable bonds is 5. The maximum atomic E-state index is 13.9. The number of piperidine rings is 1. The van der Waals surface area contributed by atoms with Crippen molar-refractivity contribution >= 4 is 23.1 Å². The number of aromatic nitrogens is 5. The lowest BCUT2D eigenvalue weighted by Crippen LogP contribution is -2.36. The number of imidazole rings is 1. The highest BCUT2D eigenvalue weighted by Gasteiger charge is 2.27. The van der Waals surface area contributed by atoms with Gasteiger partial charge in [0.1, 0.15) is 5.82 Å². The molecule has 7 nitrogen and oxygen atoms in total. The first-order chi connectivity index (χ1) is 13.1. The zero-order valence-electron chi connectivity index (χ0n) is 15.4. The number of thiazole rings is 1. The van der Waals surface area contributed by atoms with Crippen molar-refractivity contribution in [2.24, 2.45) is 0 Å². The number of halogens is 1. The molecule has 0 spiro atoms. The lowest BCUT2D eigenvalue weighted by Gasteiger charge is -2.33. The molecular weight excluding hydrogens is 365 g/mol. The van der Waals surface area contributed by atoms with Crippen molar-refractivity contribution in [3.8, 4) is 0 Å². The molecular formula is C18H22FN7S. The molecule has 0 N–H and O–H groups in total. The van der Waals surface area contributed by atoms with E-state index in [2.05, 4.69) is 34.8 Å². The summed E-state index contributed by atoms with van der Waals surface area (Å²) < 4.78 is 16.1. The third-order valence-corrected chi connectivity index (χ3v) is 5.40. The fourth-order valence-electron chi connectivity index (χ4n) is 3.49. The van der Waals surface area contributed by atoms with Gasteiger partial charge in [-0.2, -0.15) is 4.98 Å². The van der Waals surface area contributed by atoms with Crippen LogP contribution in [0.25, 0.3) is 0 Å². The Bertz CT molecular complexity index is 893. The molecule has 0 aromatic carbocycles. The quantitative estimate of drug-likeness (QED) is 0.671. The highest BCUT2D eigenvalue weighted by atomic mass is 32.1. The second-order valence-electron chi connectivity index (χ2n) is 6.91. The molecule has 1 fully saturated rings. The van der Waals surface area contributed by atoms with Gasteiger partial charge >= 0.3 is 0 Å². The predicted octanol–water partition coefficient (Wildman–Crippen LogP) is 2.77. The van der Waals surface area contributed by atoms with Gasteiger partial charge < -0.3 is 14.4 Å². The summed E-state index contributed by atoms with van der Waals surface area (Å²) in [5.41, 5.74) is 2.90. The molecule has 0 saturated carbocycles. The molecule has 1 aliphatic rings. The van der Waals surface area contributed by atoms with Crippen molar-refractivity contribution in [3.63, 3.8) is 0 Å². The average Bonchev–Trinajstić information content (AvgIpc) is 3.34. The van der Waals surface area contributed by atoms with E-state index in [0.717, 1.165) is 44.0 Å². The summed E-state index contributed by atoms with van der Waals surface area (Å²) >= 11 is 1.60. The van der Waals surface area contributed by atoms with Crippen molar-refractivity contribution in [2.75, 3.05) is 37.0 Å². The summed E-state index contributed by atoms with van der Waals surface area (Å²) in [6.45, 7) is 2.36. The number of nitrogens with zero attached hydrogens (tertiary/aromatic N) is 7. The van der Waals surface area contributed by atoms with Gasteiger partial charge in [-0.1, -0.05) is 0 Å². The van der Waals surface area contributed by atoms with Gasteiger partial charge in [-0.15, -0.1) is 11.3 Å². The van der Waals surface area contributed by atoms with Gasteiger partial charge in [0.2, 0.25) is 5.95 Å². The summed E-state index contributed by atoms with van der Waals surface area (Å²) in [4.78, 5) is 21.4. The maximum absolute atomic E-state index is 13.9. The molecule has 4 heterocycles. The van der Waals surface area contributed by atoms with Gasteiger partial charge in [-0.3, -0.25) is 0 Å². The molecule has 3 aromatic rings. The van der Waals surface area contributed by atoms with Crippen molar-refractivity contribution in [1.29, 1.82) is 0 Å². The van der Waals surface area contributed by atoms with Gasteiger partial charge in [0.05, 0.1) is 23.9 Å². The first kappa shape index (κ1) is 17.8. The monoisotopic (exact) mass is 387 g/mol. The normalized spacial score (nSPS) is 17.3. The first-order valence-electron chi connectivity index (χ1n) is 8.94. The van der Waals surface area contributed by atoms with Crippen LogP contribution in [-0.2, 0) is 6.54 Å². The lowest BCUT2D eigenvalue weighted by molar-refractivity contribution is 0.470. The Morgan fingerprint density at radius 2 is 2.19 bits per heavy atom. The molecule has 27 heavy (non-hydrogen) atoms. The molecule has 1 aliphatic heterocycles. The lowest BCUT2D eigenvalue weighted by atomic mass is 9.97. The summed E-state index contributed by atoms with van der Waals surface area (Å²) in [7, 11) is 3.56. The van der Waals surface area contributed by atoms with Crippen molar-refractivity contribution in [3.05, 3.63) is 46.8 Å². The van der Waals surface area contributed by atoms with Crippen LogP contribution in [0, 0.1) is 5.82 Å². The standard InChI is InChI=1S/C18H22FN7S/c1-24(2)17-15(19)8-21-18(23-17)26-6-3-4-13(9-26)16-20-5-7-25(16)10-14-11-27-12-22-14/h5,7-8,11-13H,3-4,6,9-10H2,1-2H3. The maximum Gasteiger partial charge on any atom is 0.227 e. The number of hydrogen-bond acceptors (Lipinski definition) is 7. The molecule has 1 saturated heterocycles. The number of hydrogen-bond donors (Lipinski definition) is 0. The van der Waals surface area contributed by atoms with Crippen LogP contribution in [0.1, 0.15) is 30.3 Å². The molecule has 0 radical (unpaired) electrons. The Morgan fingerprint density at radius 3 is 2.96 bits per heavy atom. The van der Waals surface area contributed by atoms with Crippen molar-refractivity contribution < 1.29 is 4.39 Å². The zero-order chi connectivity index (χ0) is 18.8. The Morgan fingerprint density at radius 1 is 1.30 bits per heavy atom. The largest absolute Gasteiger partial charge is 0.360 e. The molecule has 3 aromatic heterocycles. The van der Waals surface area contributed by atoms with E-state index < -0.39 is 5.82 Å². The predicted molar refractivity (Wildman–Crippen MR) is 104 cm³/mol. The highest BCUT2D eigenvalue weighted by Crippen LogP contribution is 2.29. The Kier molecular flexibility index (Phi) is 5.02. The van der Waals surface area contributed by atoms with E-state index in [1.165, 1.54) is 6.20 Å². The minimum Gasteiger partial charge on any atom is -0.360 e. The van der Waals surface area contributed by atoms with Crippen molar-refractivity contribution in [1.82, 2.24) is 24.5 Å². The van der Waals surface area contributed by atoms with Crippen LogP contribution in [0.3, 0.4) is 0 Å². The second-order valence-corrected chi connectivity index (χ2v) is 7.63. The highest BCUT2D eigenvalue weighted by molar-refractivity contribution is 7.07. The molecule has 0 bridgehead atoms. The van der Waals surface area contributed by atoms with E-state index in [4.69, 9.17) is 0 Å². The molecule has 9 heteroatoms. The SMILES string of the molecule is CN(C)c1nc(N2CCCC(c3nccn3Cc3cscn3)C2)ncc1F. The molecule has 1 unspecified atom stereocenters. The van der Waals surface area contributed by atoms with Crippen LogP contribution in [0.5, 0.6) is 0 Å². The third-order valence-electron chi connectivity index (χ3n) is 4.77. The molecule has 1 atom stereocenters. The Balaban J connectivity index is 1.54. The van der Waals surface area contributed by atoms with E-state index in [0.29, 0.717) is 11.8 Å². The van der Waals surface area contributed by atoms with Crippen LogP contribution < -0.4 is 9.80 Å². The fourth-order valence-corrected chi connectivity index (χ4v) is 4.04. The van der Waals surface area contributed by atoms with E-state index in [1.54, 1.807) is 30.3 Å². The van der Waals surface area contributed by atoms with Gasteiger partial charge in [0.15, 0.2) is 11.6 Å². The number of anilines is 2. The minimum atomic E-state index is -0.406. The molecule has 0 aliphatic carbocycles. The topological polar surface area (TPSA) is 63.0 Å². The van der Waals surface area contributed by atoms with Gasteiger partial charge in [-0.25, -0.2) is 19.3 Å². The summed E-state index contributed by atoms with van der Waals surface area (Å²) in [5.74, 6) is 1.82. The van der Waals surface area contributed by atoms with Crippen molar-refractivity contribution in [2.45, 2.75) is 25.3 Å². The van der Waals surface area contributed by atoms with Gasteiger partial charge in [-0.05, 0) is 12.8 Å². The molecule has 4 rings (SSSR count). The van der Waals surface area contributed by atoms with Crippen LogP contribution >= 0.6 is 11.3 Å². The molecule has 142 valence electrons. The fraction of sp³-hybridized carbons (Fsp3) is 0.444. The summed E-state index contributed by atoms with van der Waals surface area (Å²) in [6, 6.07) is 0. The van der Waals surface area contributed by atoms with Crippen LogP contribution in [-0.4, -0.2) is 51.7 Å². The second kappa shape index (κ2) is 7.59. The zero-order valence-corrected chi connectivity index (χ0v) is 16.2. The molecule has 0 amide bonds. The van der Waals surface area contributed by atoms with Gasteiger partial charge in [0, 0.05) is 50.9 Å². The smallest absolute Gasteiger partial charge is 0.227 e. The van der Waals surface area contributed by atoms with Crippen LogP contribution in [0.4, 0.5) is 16.2 Å². The average molecular weight is 387 g/mol. The summed E-state index contributed by atoms with van der Waals surface area (Å²) in [5, 5.41) is 2.06. The van der Waals surface area contributed by atoms with Crippen LogP contribution in [0.15, 0.2) is 29.5 Å². The van der Waals surface area contributed by atoms with E-state index in [1.807, 2.05) is 17.9 Å².